The minimum atomic E-state index is 0.0192. The van der Waals surface area contributed by atoms with Gasteiger partial charge in [0.15, 0.2) is 0 Å². The quantitative estimate of drug-likeness (QED) is 0.325. The average Bonchev–Trinajstić information content (AvgIpc) is 3.36. The number of methoxy groups -OCH3 is 2. The maximum atomic E-state index is 13.2. The fourth-order valence-electron chi connectivity index (χ4n) is 4.75. The van der Waals surface area contributed by atoms with Crippen molar-refractivity contribution in [1.82, 2.24) is 14.8 Å². The molecule has 1 amide bonds. The molecule has 3 heterocycles. The summed E-state index contributed by atoms with van der Waals surface area (Å²) in [7, 11) is 3.29. The van der Waals surface area contributed by atoms with Crippen LogP contribution in [-0.4, -0.2) is 61.1 Å². The summed E-state index contributed by atoms with van der Waals surface area (Å²) < 4.78 is 16.8. The van der Waals surface area contributed by atoms with E-state index in [0.29, 0.717) is 18.8 Å². The second kappa shape index (κ2) is 10.9. The molecular weight excluding hydrogens is 466 g/mol. The number of furan rings is 1. The van der Waals surface area contributed by atoms with Gasteiger partial charge in [0.2, 0.25) is 5.91 Å². The van der Waals surface area contributed by atoms with Crippen LogP contribution >= 0.6 is 0 Å². The summed E-state index contributed by atoms with van der Waals surface area (Å²) in [6, 6.07) is 15.9. The van der Waals surface area contributed by atoms with Gasteiger partial charge >= 0.3 is 0 Å². The minimum absolute atomic E-state index is 0.0192. The van der Waals surface area contributed by atoms with Crippen LogP contribution in [0.1, 0.15) is 18.1 Å². The van der Waals surface area contributed by atoms with E-state index in [2.05, 4.69) is 9.88 Å². The average molecular weight is 498 g/mol. The van der Waals surface area contributed by atoms with Crippen molar-refractivity contribution in [2.45, 2.75) is 13.5 Å². The molecule has 0 unspecified atom stereocenters. The fraction of sp³-hybridized carbons (Fsp3) is 0.267. The lowest BCUT2D eigenvalue weighted by Gasteiger charge is -2.34. The van der Waals surface area contributed by atoms with Crippen LogP contribution in [0.5, 0.6) is 11.5 Å². The van der Waals surface area contributed by atoms with Gasteiger partial charge in [-0.05, 0) is 54.0 Å². The van der Waals surface area contributed by atoms with E-state index in [1.165, 1.54) is 5.56 Å². The molecule has 1 aliphatic rings. The van der Waals surface area contributed by atoms with E-state index in [1.807, 2.05) is 72.7 Å². The van der Waals surface area contributed by atoms with Crippen molar-refractivity contribution in [3.05, 3.63) is 84.4 Å². The van der Waals surface area contributed by atoms with E-state index >= 15 is 0 Å². The Hall–Kier alpha value is -4.10. The van der Waals surface area contributed by atoms with Gasteiger partial charge in [0.1, 0.15) is 17.1 Å². The summed E-state index contributed by atoms with van der Waals surface area (Å²) in [6.45, 7) is 5.92. The number of nitrogens with zero attached hydrogens (tertiary/aromatic N) is 3. The van der Waals surface area contributed by atoms with E-state index in [0.717, 1.165) is 58.6 Å². The van der Waals surface area contributed by atoms with Crippen LogP contribution in [0.25, 0.3) is 27.7 Å². The van der Waals surface area contributed by atoms with Crippen molar-refractivity contribution in [3.63, 3.8) is 0 Å². The number of piperazine rings is 1. The summed E-state index contributed by atoms with van der Waals surface area (Å²) in [5.41, 5.74) is 5.70. The highest BCUT2D eigenvalue weighted by atomic mass is 16.5. The lowest BCUT2D eigenvalue weighted by Crippen LogP contribution is -2.47. The first-order valence-electron chi connectivity index (χ1n) is 12.4. The first-order chi connectivity index (χ1) is 18.1. The van der Waals surface area contributed by atoms with Crippen LogP contribution in [0.3, 0.4) is 0 Å². The number of amides is 1. The molecule has 2 aromatic heterocycles. The van der Waals surface area contributed by atoms with Crippen molar-refractivity contribution in [3.8, 4) is 22.6 Å². The van der Waals surface area contributed by atoms with Crippen molar-refractivity contribution in [1.29, 1.82) is 0 Å². The number of fused-ring (bicyclic) bond motifs is 1. The molecule has 0 spiro atoms. The smallest absolute Gasteiger partial charge is 0.246 e. The van der Waals surface area contributed by atoms with Crippen LogP contribution < -0.4 is 9.47 Å². The number of ether oxygens (including phenoxy) is 2. The highest BCUT2D eigenvalue weighted by Gasteiger charge is 2.21. The molecule has 1 aliphatic heterocycles. The van der Waals surface area contributed by atoms with Crippen molar-refractivity contribution < 1.29 is 18.7 Å². The van der Waals surface area contributed by atoms with Crippen molar-refractivity contribution in [2.24, 2.45) is 0 Å². The van der Waals surface area contributed by atoms with E-state index in [-0.39, 0.29) is 5.91 Å². The summed E-state index contributed by atoms with van der Waals surface area (Å²) >= 11 is 0. The molecule has 7 nitrogen and oxygen atoms in total. The summed E-state index contributed by atoms with van der Waals surface area (Å²) in [5, 5.41) is 0.964. The minimum Gasteiger partial charge on any atom is -0.497 e. The zero-order valence-corrected chi connectivity index (χ0v) is 21.4. The molecule has 0 saturated carbocycles. The molecule has 4 aromatic rings. The Labute approximate surface area is 216 Å². The van der Waals surface area contributed by atoms with Gasteiger partial charge in [-0.3, -0.25) is 14.7 Å². The molecule has 7 heteroatoms. The highest BCUT2D eigenvalue weighted by Crippen LogP contribution is 2.37. The second-order valence-electron chi connectivity index (χ2n) is 9.21. The van der Waals surface area contributed by atoms with E-state index in [4.69, 9.17) is 13.9 Å². The molecule has 190 valence electrons. The molecule has 37 heavy (non-hydrogen) atoms. The van der Waals surface area contributed by atoms with Crippen LogP contribution in [0, 0.1) is 0 Å². The maximum absolute atomic E-state index is 13.2. The van der Waals surface area contributed by atoms with Gasteiger partial charge in [0.25, 0.3) is 0 Å². The van der Waals surface area contributed by atoms with Gasteiger partial charge in [-0.25, -0.2) is 0 Å². The van der Waals surface area contributed by atoms with E-state index in [1.54, 1.807) is 26.6 Å². The van der Waals surface area contributed by atoms with Crippen LogP contribution in [0.4, 0.5) is 0 Å². The molecule has 0 bridgehead atoms. The van der Waals surface area contributed by atoms with E-state index < -0.39 is 0 Å². The molecular formula is C30H31N3O4. The lowest BCUT2D eigenvalue weighted by atomic mass is 9.99. The first-order valence-corrected chi connectivity index (χ1v) is 12.4. The number of hydrogen-bond donors (Lipinski definition) is 0. The maximum Gasteiger partial charge on any atom is 0.246 e. The number of pyridine rings is 1. The molecule has 0 N–H and O–H groups in total. The topological polar surface area (TPSA) is 68.0 Å². The first kappa shape index (κ1) is 24.6. The molecule has 0 atom stereocenters. The Bertz CT molecular complexity index is 1400. The SMILES string of the molecule is COc1ccc(-c2coc3cc(OC)c(/C(C)=C/C(=O)N4CCN(Cc5ccncc5)CC4)cc23)cc1. The van der Waals surface area contributed by atoms with Crippen LogP contribution in [0.2, 0.25) is 0 Å². The normalized spacial score (nSPS) is 14.7. The number of carbonyl (C=O) groups is 1. The molecule has 0 aliphatic carbocycles. The predicted molar refractivity (Wildman–Crippen MR) is 144 cm³/mol. The monoisotopic (exact) mass is 497 g/mol. The third-order valence-corrected chi connectivity index (χ3v) is 6.90. The van der Waals surface area contributed by atoms with E-state index in [9.17, 15) is 4.79 Å². The van der Waals surface area contributed by atoms with Gasteiger partial charge in [-0.1, -0.05) is 12.1 Å². The van der Waals surface area contributed by atoms with Gasteiger partial charge in [-0.15, -0.1) is 0 Å². The van der Waals surface area contributed by atoms with Gasteiger partial charge in [0, 0.05) is 73.8 Å². The predicted octanol–water partition coefficient (Wildman–Crippen LogP) is 5.26. The third kappa shape index (κ3) is 5.37. The number of aromatic nitrogens is 1. The van der Waals surface area contributed by atoms with Gasteiger partial charge in [0.05, 0.1) is 20.5 Å². The van der Waals surface area contributed by atoms with Crippen LogP contribution in [-0.2, 0) is 11.3 Å². The Morgan fingerprint density at radius 2 is 1.73 bits per heavy atom. The summed E-state index contributed by atoms with van der Waals surface area (Å²) in [4.78, 5) is 21.5. The number of carbonyl (C=O) groups excluding carboxylic acids is 1. The number of rotatable bonds is 7. The summed E-state index contributed by atoms with van der Waals surface area (Å²) in [6.07, 6.45) is 7.11. The number of benzene rings is 2. The highest BCUT2D eigenvalue weighted by molar-refractivity contribution is 6.00. The zero-order chi connectivity index (χ0) is 25.8. The Morgan fingerprint density at radius 3 is 2.41 bits per heavy atom. The Morgan fingerprint density at radius 1 is 1.00 bits per heavy atom. The lowest BCUT2D eigenvalue weighted by molar-refractivity contribution is -0.127. The van der Waals surface area contributed by atoms with Crippen LogP contribution in [0.15, 0.2) is 77.7 Å². The summed E-state index contributed by atoms with van der Waals surface area (Å²) in [5.74, 6) is 1.49. The van der Waals surface area contributed by atoms with Gasteiger partial charge in [-0.2, -0.15) is 0 Å². The van der Waals surface area contributed by atoms with Crippen molar-refractivity contribution in [2.75, 3.05) is 40.4 Å². The molecule has 2 aromatic carbocycles. The fourth-order valence-corrected chi connectivity index (χ4v) is 4.75. The Kier molecular flexibility index (Phi) is 7.23. The second-order valence-corrected chi connectivity index (χ2v) is 9.21. The zero-order valence-electron chi connectivity index (χ0n) is 21.4. The van der Waals surface area contributed by atoms with Gasteiger partial charge < -0.3 is 18.8 Å². The molecule has 1 fully saturated rings. The Balaban J connectivity index is 1.34. The third-order valence-electron chi connectivity index (χ3n) is 6.90. The largest absolute Gasteiger partial charge is 0.497 e. The molecule has 5 rings (SSSR count). The number of allylic oxidation sites excluding steroid dienone is 1. The molecule has 0 radical (unpaired) electrons. The van der Waals surface area contributed by atoms with Crippen molar-refractivity contribution >= 4 is 22.4 Å². The molecule has 1 saturated heterocycles. The number of hydrogen-bond acceptors (Lipinski definition) is 6. The standard InChI is InChI=1S/C30H31N3O4/c1-21(16-30(34)33-14-12-32(13-15-33)19-22-8-10-31-11-9-22)25-17-26-27(20-37-29(26)18-28(25)36-3)23-4-6-24(35-2)7-5-23/h4-11,16-18,20H,12-15,19H2,1-3H3/b21-16+.